The number of carbonyl (C=O) groups is 1. The Labute approximate surface area is 195 Å². The Morgan fingerprint density at radius 1 is 1.15 bits per heavy atom. The van der Waals surface area contributed by atoms with Crippen molar-refractivity contribution in [1.29, 1.82) is 0 Å². The average Bonchev–Trinajstić information content (AvgIpc) is 3.22. The molecule has 4 rings (SSSR count). The van der Waals surface area contributed by atoms with Gasteiger partial charge in [-0.05, 0) is 30.3 Å². The number of sulfonamides is 1. The zero-order valence-electron chi connectivity index (χ0n) is 17.8. The van der Waals surface area contributed by atoms with E-state index in [0.717, 1.165) is 6.07 Å². The second-order valence-corrected chi connectivity index (χ2v) is 10.0. The first-order valence-electron chi connectivity index (χ1n) is 10.2. The number of non-ortho nitro benzene ring substituents is 1. The molecule has 2 fully saturated rings. The van der Waals surface area contributed by atoms with Crippen LogP contribution in [0.1, 0.15) is 23.2 Å². The number of rotatable bonds is 5. The zero-order chi connectivity index (χ0) is 23.8. The summed E-state index contributed by atoms with van der Waals surface area (Å²) in [5, 5.41) is 10.9. The summed E-state index contributed by atoms with van der Waals surface area (Å²) in [5.41, 5.74) is -1.07. The first kappa shape index (κ1) is 23.4. The van der Waals surface area contributed by atoms with Gasteiger partial charge >= 0.3 is 0 Å². The van der Waals surface area contributed by atoms with Crippen molar-refractivity contribution in [3.05, 3.63) is 63.2 Å². The minimum Gasteiger partial charge on any atom is -0.497 e. The lowest BCUT2D eigenvalue weighted by Gasteiger charge is -2.42. The summed E-state index contributed by atoms with van der Waals surface area (Å²) in [6, 6.07) is 9.87. The van der Waals surface area contributed by atoms with E-state index in [-0.39, 0.29) is 53.3 Å². The number of piperidine rings is 1. The van der Waals surface area contributed by atoms with E-state index in [4.69, 9.17) is 21.1 Å². The maximum Gasteiger partial charge on any atom is 0.270 e. The van der Waals surface area contributed by atoms with Crippen LogP contribution in [0.3, 0.4) is 0 Å². The van der Waals surface area contributed by atoms with Crippen LogP contribution in [-0.2, 0) is 14.8 Å². The van der Waals surface area contributed by atoms with E-state index in [1.54, 1.807) is 17.0 Å². The number of carbonyl (C=O) groups excluding carboxylic acids is 1. The van der Waals surface area contributed by atoms with E-state index >= 15 is 0 Å². The van der Waals surface area contributed by atoms with E-state index in [0.29, 0.717) is 18.6 Å². The minimum atomic E-state index is -3.82. The summed E-state index contributed by atoms with van der Waals surface area (Å²) in [4.78, 5) is 25.0. The Hall–Kier alpha value is -2.73. The van der Waals surface area contributed by atoms with Crippen molar-refractivity contribution in [3.63, 3.8) is 0 Å². The topological polar surface area (TPSA) is 119 Å². The van der Waals surface area contributed by atoms with Gasteiger partial charge in [0.2, 0.25) is 10.0 Å². The van der Waals surface area contributed by atoms with E-state index < -0.39 is 20.7 Å². The number of benzene rings is 2. The van der Waals surface area contributed by atoms with Crippen LogP contribution in [0.15, 0.2) is 47.4 Å². The molecule has 1 amide bonds. The number of nitro benzene ring substituents is 1. The number of halogens is 1. The number of ether oxygens (including phenoxy) is 2. The van der Waals surface area contributed by atoms with Gasteiger partial charge in [-0.1, -0.05) is 11.6 Å². The van der Waals surface area contributed by atoms with Crippen molar-refractivity contribution < 1.29 is 27.6 Å². The Kier molecular flexibility index (Phi) is 6.32. The van der Waals surface area contributed by atoms with Gasteiger partial charge in [0.05, 0.1) is 34.1 Å². The molecule has 176 valence electrons. The quantitative estimate of drug-likeness (QED) is 0.462. The molecule has 0 radical (unpaired) electrons. The highest BCUT2D eigenvalue weighted by Gasteiger charge is 2.51. The third-order valence-corrected chi connectivity index (χ3v) is 8.27. The maximum absolute atomic E-state index is 13.3. The summed E-state index contributed by atoms with van der Waals surface area (Å²) >= 11 is 6.11. The molecule has 0 unspecified atom stereocenters. The molecule has 12 heteroatoms. The highest BCUT2D eigenvalue weighted by Crippen LogP contribution is 2.39. The number of hydrogen-bond acceptors (Lipinski definition) is 7. The number of nitro groups is 1. The predicted octanol–water partition coefficient (Wildman–Crippen LogP) is 2.91. The van der Waals surface area contributed by atoms with Crippen molar-refractivity contribution in [2.75, 3.05) is 33.4 Å². The smallest absolute Gasteiger partial charge is 0.270 e. The molecule has 0 N–H and O–H groups in total. The molecular formula is C21H22ClN3O7S. The van der Waals surface area contributed by atoms with Gasteiger partial charge in [0.25, 0.3) is 11.6 Å². The molecule has 0 atom stereocenters. The highest BCUT2D eigenvalue weighted by atomic mass is 35.5. The Balaban J connectivity index is 1.50. The largest absolute Gasteiger partial charge is 0.497 e. The van der Waals surface area contributed by atoms with Crippen LogP contribution < -0.4 is 4.74 Å². The fourth-order valence-electron chi connectivity index (χ4n) is 4.22. The molecule has 0 bridgehead atoms. The molecule has 10 nitrogen and oxygen atoms in total. The fraction of sp³-hybridized carbons (Fsp3) is 0.381. The second kappa shape index (κ2) is 8.90. The zero-order valence-corrected chi connectivity index (χ0v) is 19.3. The number of amides is 1. The van der Waals surface area contributed by atoms with Crippen LogP contribution in [-0.4, -0.2) is 67.5 Å². The van der Waals surface area contributed by atoms with Crippen molar-refractivity contribution in [2.45, 2.75) is 23.5 Å². The number of methoxy groups -OCH3 is 1. The van der Waals surface area contributed by atoms with Crippen LogP contribution in [0.25, 0.3) is 0 Å². The molecule has 0 saturated carbocycles. The monoisotopic (exact) mass is 495 g/mol. The summed E-state index contributed by atoms with van der Waals surface area (Å²) in [6.45, 7) is 0.982. The van der Waals surface area contributed by atoms with E-state index in [1.165, 1.54) is 35.7 Å². The number of hydrogen-bond donors (Lipinski definition) is 0. The molecule has 33 heavy (non-hydrogen) atoms. The summed E-state index contributed by atoms with van der Waals surface area (Å²) in [5.74, 6) is 0.186. The first-order valence-corrected chi connectivity index (χ1v) is 12.0. The molecule has 2 aliphatic heterocycles. The van der Waals surface area contributed by atoms with Crippen LogP contribution in [0.5, 0.6) is 5.75 Å². The Morgan fingerprint density at radius 3 is 2.39 bits per heavy atom. The van der Waals surface area contributed by atoms with Gasteiger partial charge < -0.3 is 14.4 Å². The van der Waals surface area contributed by atoms with Gasteiger partial charge in [-0.25, -0.2) is 8.42 Å². The van der Waals surface area contributed by atoms with E-state index in [9.17, 15) is 23.3 Å². The molecule has 2 heterocycles. The lowest BCUT2D eigenvalue weighted by atomic mass is 10.00. The third-order valence-electron chi connectivity index (χ3n) is 5.99. The molecule has 1 spiro atoms. The van der Waals surface area contributed by atoms with Crippen molar-refractivity contribution in [2.24, 2.45) is 0 Å². The first-order chi connectivity index (χ1) is 15.7. The van der Waals surface area contributed by atoms with Crippen molar-refractivity contribution >= 4 is 33.2 Å². The van der Waals surface area contributed by atoms with Gasteiger partial charge in [0.15, 0.2) is 0 Å². The van der Waals surface area contributed by atoms with Crippen molar-refractivity contribution in [3.8, 4) is 5.75 Å². The summed E-state index contributed by atoms with van der Waals surface area (Å²) < 4.78 is 39.1. The molecule has 2 aromatic rings. The minimum absolute atomic E-state index is 0.00434. The lowest BCUT2D eigenvalue weighted by molar-refractivity contribution is -0.384. The Bertz CT molecular complexity index is 1180. The number of likely N-dealkylation sites (tertiary alicyclic amines) is 1. The summed E-state index contributed by atoms with van der Waals surface area (Å²) in [7, 11) is -2.31. The van der Waals surface area contributed by atoms with Gasteiger partial charge in [0.1, 0.15) is 11.5 Å². The lowest BCUT2D eigenvalue weighted by Crippen LogP contribution is -2.55. The maximum atomic E-state index is 13.3. The van der Waals surface area contributed by atoms with E-state index in [2.05, 4.69) is 0 Å². The molecule has 0 aromatic heterocycles. The molecular weight excluding hydrogens is 474 g/mol. The Morgan fingerprint density at radius 2 is 1.82 bits per heavy atom. The fourth-order valence-corrected chi connectivity index (χ4v) is 6.20. The molecule has 0 aliphatic carbocycles. The molecule has 2 aromatic carbocycles. The molecule has 2 aliphatic rings. The average molecular weight is 496 g/mol. The second-order valence-electron chi connectivity index (χ2n) is 7.76. The van der Waals surface area contributed by atoms with Crippen LogP contribution >= 0.6 is 11.6 Å². The third kappa shape index (κ3) is 4.29. The molecule has 2 saturated heterocycles. The van der Waals surface area contributed by atoms with E-state index in [1.807, 2.05) is 0 Å². The van der Waals surface area contributed by atoms with Crippen molar-refractivity contribution in [1.82, 2.24) is 9.21 Å². The van der Waals surface area contributed by atoms with Gasteiger partial charge in [-0.15, -0.1) is 0 Å². The predicted molar refractivity (Wildman–Crippen MR) is 119 cm³/mol. The highest BCUT2D eigenvalue weighted by molar-refractivity contribution is 7.89. The van der Waals surface area contributed by atoms with Gasteiger partial charge in [-0.2, -0.15) is 4.31 Å². The van der Waals surface area contributed by atoms with Gasteiger partial charge in [0, 0.05) is 44.6 Å². The van der Waals surface area contributed by atoms with Crippen LogP contribution in [0, 0.1) is 10.1 Å². The van der Waals surface area contributed by atoms with Crippen LogP contribution in [0.4, 0.5) is 5.69 Å². The van der Waals surface area contributed by atoms with Crippen LogP contribution in [0.2, 0.25) is 5.02 Å². The standard InChI is InChI=1S/C21H22ClN3O7S/c1-31-16-3-5-17(6-4-16)33(29,30)24-12-13-32-21(24)8-10-23(11-9-21)20(26)18-7-2-15(25(27)28)14-19(18)22/h2-7,14H,8-13H2,1H3. The number of nitrogens with zero attached hydrogens (tertiary/aromatic N) is 3. The normalized spacial score (nSPS) is 18.4. The SMILES string of the molecule is COc1ccc(S(=O)(=O)N2CCOC23CCN(C(=O)c2ccc([N+](=O)[O-])cc2Cl)CC3)cc1. The van der Waals surface area contributed by atoms with Gasteiger partial charge in [-0.3, -0.25) is 14.9 Å². The summed E-state index contributed by atoms with van der Waals surface area (Å²) in [6.07, 6.45) is 0.581.